The second-order valence-corrected chi connectivity index (χ2v) is 11.2. The molecule has 39 heavy (non-hydrogen) atoms. The number of nitrogens with two attached hydrogens (primary N) is 1. The number of rotatable bonds is 15. The maximum Gasteiger partial charge on any atom is 0.508 e. The number of methoxy groups -OCH3 is 1. The van der Waals surface area contributed by atoms with Crippen LogP contribution in [0.1, 0.15) is 79.7 Å². The third-order valence-corrected chi connectivity index (χ3v) is 5.58. The van der Waals surface area contributed by atoms with E-state index < -0.39 is 35.7 Å². The fourth-order valence-corrected chi connectivity index (χ4v) is 3.75. The van der Waals surface area contributed by atoms with Gasteiger partial charge in [-0.1, -0.05) is 47.6 Å². The number of carbonyl (C=O) groups excluding carboxylic acids is 4. The molecule has 0 aromatic heterocycles. The Hall–Kier alpha value is -3.14. The van der Waals surface area contributed by atoms with Gasteiger partial charge in [-0.3, -0.25) is 14.4 Å². The molecule has 10 nitrogen and oxygen atoms in total. The second kappa shape index (κ2) is 16.1. The van der Waals surface area contributed by atoms with Gasteiger partial charge in [0.15, 0.2) is 11.5 Å². The van der Waals surface area contributed by atoms with Gasteiger partial charge in [0.1, 0.15) is 11.6 Å². The Labute approximate surface area is 231 Å². The van der Waals surface area contributed by atoms with Crippen LogP contribution in [-0.2, 0) is 35.0 Å². The first-order chi connectivity index (χ1) is 18.1. The van der Waals surface area contributed by atoms with Gasteiger partial charge >= 0.3 is 24.1 Å². The first-order valence-electron chi connectivity index (χ1n) is 13.4. The van der Waals surface area contributed by atoms with Crippen LogP contribution in [-0.4, -0.2) is 49.4 Å². The number of carbonyl (C=O) groups is 4. The van der Waals surface area contributed by atoms with Crippen LogP contribution < -0.4 is 15.2 Å². The summed E-state index contributed by atoms with van der Waals surface area (Å²) in [6.07, 6.45) is -0.666. The van der Waals surface area contributed by atoms with E-state index in [9.17, 15) is 19.2 Å². The molecule has 0 bridgehead atoms. The Kier molecular flexibility index (Phi) is 14.0. The van der Waals surface area contributed by atoms with Crippen molar-refractivity contribution in [3.63, 3.8) is 0 Å². The Morgan fingerprint density at radius 3 is 1.92 bits per heavy atom. The van der Waals surface area contributed by atoms with Gasteiger partial charge < -0.3 is 29.4 Å². The lowest BCUT2D eigenvalue weighted by molar-refractivity contribution is -0.148. The summed E-state index contributed by atoms with van der Waals surface area (Å²) < 4.78 is 26.3. The van der Waals surface area contributed by atoms with Crippen LogP contribution >= 0.6 is 0 Å². The largest absolute Gasteiger partial charge is 0.508 e. The van der Waals surface area contributed by atoms with Crippen molar-refractivity contribution in [1.82, 2.24) is 0 Å². The number of ether oxygens (including phenoxy) is 5. The normalized spacial score (nSPS) is 13.5. The lowest BCUT2D eigenvalue weighted by Gasteiger charge is -2.29. The summed E-state index contributed by atoms with van der Waals surface area (Å²) in [4.78, 5) is 49.5. The van der Waals surface area contributed by atoms with E-state index in [1.807, 2.05) is 41.5 Å². The molecule has 220 valence electrons. The first-order valence-corrected chi connectivity index (χ1v) is 13.4. The molecule has 0 spiro atoms. The number of hydrogen-bond donors (Lipinski definition) is 1. The van der Waals surface area contributed by atoms with Gasteiger partial charge in [-0.15, -0.1) is 0 Å². The van der Waals surface area contributed by atoms with Crippen molar-refractivity contribution < 1.29 is 42.9 Å². The van der Waals surface area contributed by atoms with Crippen LogP contribution in [0.15, 0.2) is 18.2 Å². The van der Waals surface area contributed by atoms with Crippen molar-refractivity contribution in [2.75, 3.05) is 13.7 Å². The van der Waals surface area contributed by atoms with E-state index in [2.05, 4.69) is 0 Å². The van der Waals surface area contributed by atoms with E-state index in [-0.39, 0.29) is 55.6 Å². The highest BCUT2D eigenvalue weighted by atomic mass is 16.7. The molecule has 1 rings (SSSR count). The SMILES string of the molecule is COC(=O)C(N)(Cc1ccc(OC(=O)CC(C)C)c(OC(=O)CC(C)C)c1)C[C@H](C)OC(=O)OCCC(C)C. The minimum atomic E-state index is -1.58. The predicted octanol–water partition coefficient (Wildman–Crippen LogP) is 4.98. The summed E-state index contributed by atoms with van der Waals surface area (Å²) in [6.45, 7) is 13.4. The average Bonchev–Trinajstić information content (AvgIpc) is 2.78. The average molecular weight is 552 g/mol. The molecule has 0 saturated heterocycles. The number of hydrogen-bond acceptors (Lipinski definition) is 10. The summed E-state index contributed by atoms with van der Waals surface area (Å²) in [5.41, 5.74) is 5.43. The third kappa shape index (κ3) is 13.0. The molecule has 0 amide bonds. The Bertz CT molecular complexity index is 974. The summed E-state index contributed by atoms with van der Waals surface area (Å²) in [7, 11) is 1.21. The molecule has 0 saturated carbocycles. The monoisotopic (exact) mass is 551 g/mol. The van der Waals surface area contributed by atoms with Crippen molar-refractivity contribution in [2.24, 2.45) is 23.5 Å². The molecule has 0 aliphatic rings. The molecule has 0 fully saturated rings. The number of benzene rings is 1. The topological polar surface area (TPSA) is 140 Å². The fourth-order valence-electron chi connectivity index (χ4n) is 3.75. The highest BCUT2D eigenvalue weighted by Gasteiger charge is 2.38. The molecule has 10 heteroatoms. The van der Waals surface area contributed by atoms with Crippen LogP contribution in [0.25, 0.3) is 0 Å². The van der Waals surface area contributed by atoms with Crippen LogP contribution in [0.4, 0.5) is 4.79 Å². The fraction of sp³-hybridized carbons (Fsp3) is 0.655. The maximum absolute atomic E-state index is 12.7. The van der Waals surface area contributed by atoms with E-state index in [1.165, 1.54) is 19.2 Å². The predicted molar refractivity (Wildman–Crippen MR) is 145 cm³/mol. The highest BCUT2D eigenvalue weighted by molar-refractivity contribution is 5.81. The molecular weight excluding hydrogens is 506 g/mol. The Morgan fingerprint density at radius 2 is 1.41 bits per heavy atom. The molecule has 1 aromatic rings. The summed E-state index contributed by atoms with van der Waals surface area (Å²) in [5, 5.41) is 0. The minimum absolute atomic E-state index is 0.0370. The van der Waals surface area contributed by atoms with Crippen molar-refractivity contribution >= 4 is 24.1 Å². The van der Waals surface area contributed by atoms with Gasteiger partial charge in [-0.2, -0.15) is 0 Å². The molecular formula is C29H45NO9. The van der Waals surface area contributed by atoms with Crippen molar-refractivity contribution in [3.05, 3.63) is 23.8 Å². The summed E-state index contributed by atoms with van der Waals surface area (Å²) in [6, 6.07) is 4.62. The van der Waals surface area contributed by atoms with E-state index in [0.29, 0.717) is 17.9 Å². The lowest BCUT2D eigenvalue weighted by Crippen LogP contribution is -2.53. The van der Waals surface area contributed by atoms with Gasteiger partial charge in [0.05, 0.1) is 13.7 Å². The Balaban J connectivity index is 3.15. The molecule has 1 aromatic carbocycles. The van der Waals surface area contributed by atoms with Crippen LogP contribution in [0, 0.1) is 17.8 Å². The molecule has 0 radical (unpaired) electrons. The van der Waals surface area contributed by atoms with Crippen LogP contribution in [0.5, 0.6) is 11.5 Å². The van der Waals surface area contributed by atoms with E-state index in [1.54, 1.807) is 13.0 Å². The standard InChI is InChI=1S/C29H45NO9/c1-18(2)11-12-36-28(34)37-21(7)16-29(30,27(33)35-8)17-22-9-10-23(38-25(31)13-19(3)4)24(15-22)39-26(32)14-20(5)6/h9-10,15,18-21H,11-14,16-17,30H2,1-8H3/t21-,29?/m0/s1. The van der Waals surface area contributed by atoms with Gasteiger partial charge in [-0.25, -0.2) is 4.79 Å². The van der Waals surface area contributed by atoms with E-state index in [4.69, 9.17) is 29.4 Å². The van der Waals surface area contributed by atoms with E-state index in [0.717, 1.165) is 0 Å². The van der Waals surface area contributed by atoms with Gasteiger partial charge in [0.2, 0.25) is 0 Å². The third-order valence-electron chi connectivity index (χ3n) is 5.58. The highest BCUT2D eigenvalue weighted by Crippen LogP contribution is 2.32. The minimum Gasteiger partial charge on any atom is -0.468 e. The zero-order valence-electron chi connectivity index (χ0n) is 24.5. The lowest BCUT2D eigenvalue weighted by atomic mass is 9.86. The van der Waals surface area contributed by atoms with Gasteiger partial charge in [0.25, 0.3) is 0 Å². The van der Waals surface area contributed by atoms with Gasteiger partial charge in [0, 0.05) is 25.7 Å². The Morgan fingerprint density at radius 1 is 0.846 bits per heavy atom. The van der Waals surface area contributed by atoms with Gasteiger partial charge in [-0.05, 0) is 48.8 Å². The molecule has 2 atom stereocenters. The second-order valence-electron chi connectivity index (χ2n) is 11.2. The zero-order chi connectivity index (χ0) is 29.8. The van der Waals surface area contributed by atoms with Crippen molar-refractivity contribution in [2.45, 2.75) is 92.2 Å². The summed E-state index contributed by atoms with van der Waals surface area (Å²) >= 11 is 0. The first kappa shape index (κ1) is 33.9. The van der Waals surface area contributed by atoms with E-state index >= 15 is 0 Å². The smallest absolute Gasteiger partial charge is 0.468 e. The quantitative estimate of drug-likeness (QED) is 0.234. The molecule has 0 aliphatic heterocycles. The molecule has 1 unspecified atom stereocenters. The zero-order valence-corrected chi connectivity index (χ0v) is 24.5. The number of esters is 3. The maximum atomic E-state index is 12.7. The summed E-state index contributed by atoms with van der Waals surface area (Å²) in [5.74, 6) is -1.03. The van der Waals surface area contributed by atoms with Crippen molar-refractivity contribution in [3.8, 4) is 11.5 Å². The molecule has 0 heterocycles. The van der Waals surface area contributed by atoms with Crippen LogP contribution in [0.3, 0.4) is 0 Å². The van der Waals surface area contributed by atoms with Crippen molar-refractivity contribution in [1.29, 1.82) is 0 Å². The van der Waals surface area contributed by atoms with Crippen LogP contribution in [0.2, 0.25) is 0 Å². The molecule has 2 N–H and O–H groups in total. The molecule has 0 aliphatic carbocycles.